The third-order valence-corrected chi connectivity index (χ3v) is 14.5. The summed E-state index contributed by atoms with van der Waals surface area (Å²) < 4.78 is 0. The fourth-order valence-electron chi connectivity index (χ4n) is 12.2. The molecule has 4 nitrogen and oxygen atoms in total. The van der Waals surface area contributed by atoms with E-state index in [-0.39, 0.29) is 39.6 Å². The fraction of sp³-hybridized carbons (Fsp3) is 0.722. The second-order valence-corrected chi connectivity index (χ2v) is 15.9. The van der Waals surface area contributed by atoms with Gasteiger partial charge in [-0.05, 0) is 127 Å². The third kappa shape index (κ3) is 3.66. The molecule has 10 atom stereocenters. The largest absolute Gasteiger partial charge is 0.481 e. The van der Waals surface area contributed by atoms with E-state index in [1.165, 1.54) is 19.3 Å². The zero-order valence-electron chi connectivity index (χ0n) is 25.5. The van der Waals surface area contributed by atoms with Gasteiger partial charge in [0.2, 0.25) is 0 Å². The number of carboxylic acids is 1. The summed E-state index contributed by atoms with van der Waals surface area (Å²) in [6, 6.07) is 4.00. The van der Waals surface area contributed by atoms with Crippen molar-refractivity contribution in [3.8, 4) is 0 Å². The van der Waals surface area contributed by atoms with Crippen molar-refractivity contribution in [1.82, 2.24) is 4.98 Å². The van der Waals surface area contributed by atoms with Gasteiger partial charge in [-0.1, -0.05) is 65.0 Å². The average molecular weight is 546 g/mol. The van der Waals surface area contributed by atoms with E-state index in [0.717, 1.165) is 56.1 Å². The van der Waals surface area contributed by atoms with Gasteiger partial charge in [0.05, 0.1) is 11.5 Å². The lowest BCUT2D eigenvalue weighted by atomic mass is 9.32. The highest BCUT2D eigenvalue weighted by Gasteiger charge is 2.72. The van der Waals surface area contributed by atoms with Crippen LogP contribution in [0.3, 0.4) is 0 Å². The van der Waals surface area contributed by atoms with Gasteiger partial charge in [-0.3, -0.25) is 9.78 Å². The van der Waals surface area contributed by atoms with Crippen LogP contribution in [0, 0.1) is 56.7 Å². The van der Waals surface area contributed by atoms with Gasteiger partial charge in [0.1, 0.15) is 0 Å². The van der Waals surface area contributed by atoms with E-state index in [0.29, 0.717) is 17.8 Å². The second-order valence-electron chi connectivity index (χ2n) is 15.9. The van der Waals surface area contributed by atoms with Crippen molar-refractivity contribution >= 4 is 12.0 Å². The standard InChI is InChI=1S/C36H51NO3/c1-23(9-10-24-8-7-21-37-22-24)25-13-18-36(31(39)40)20-19-34(5)26(30(25)36)11-12-28-33(4)16-15-29(38)32(2,3)27(33)14-17-35(28,34)6/h7-10,21-22,25-30,38H,1,11-20H2,2-6H3,(H,39,40)/b10-9+/t25-,26+,27-,28+,29-,30+,33-,34+,35+,36-/m0/s1. The Balaban J connectivity index is 1.36. The number of hydrogen-bond acceptors (Lipinski definition) is 3. The smallest absolute Gasteiger partial charge is 0.309 e. The lowest BCUT2D eigenvalue weighted by molar-refractivity contribution is -0.248. The number of pyridine rings is 1. The summed E-state index contributed by atoms with van der Waals surface area (Å²) >= 11 is 0. The van der Waals surface area contributed by atoms with Crippen molar-refractivity contribution in [3.05, 3.63) is 48.3 Å². The number of aliphatic carboxylic acids is 1. The highest BCUT2D eigenvalue weighted by Crippen LogP contribution is 2.77. The summed E-state index contributed by atoms with van der Waals surface area (Å²) in [7, 11) is 0. The van der Waals surface area contributed by atoms with Gasteiger partial charge in [0.15, 0.2) is 0 Å². The van der Waals surface area contributed by atoms with E-state index in [2.05, 4.69) is 64.4 Å². The number of hydrogen-bond donors (Lipinski definition) is 2. The van der Waals surface area contributed by atoms with Crippen molar-refractivity contribution in [2.45, 2.75) is 105 Å². The Morgan fingerprint density at radius 1 is 0.950 bits per heavy atom. The summed E-state index contributed by atoms with van der Waals surface area (Å²) in [5.74, 6) is 1.35. The van der Waals surface area contributed by atoms with Crippen LogP contribution in [-0.4, -0.2) is 27.3 Å². The van der Waals surface area contributed by atoms with Gasteiger partial charge in [-0.15, -0.1) is 0 Å². The van der Waals surface area contributed by atoms with Crippen LogP contribution in [0.15, 0.2) is 42.8 Å². The van der Waals surface area contributed by atoms with Crippen LogP contribution < -0.4 is 0 Å². The van der Waals surface area contributed by atoms with Crippen LogP contribution in [0.2, 0.25) is 0 Å². The van der Waals surface area contributed by atoms with E-state index >= 15 is 0 Å². The lowest BCUT2D eigenvalue weighted by Crippen LogP contribution is -2.67. The summed E-state index contributed by atoms with van der Waals surface area (Å²) in [5, 5.41) is 21.8. The summed E-state index contributed by atoms with van der Waals surface area (Å²) in [6.07, 6.45) is 17.9. The van der Waals surface area contributed by atoms with Gasteiger partial charge in [0, 0.05) is 12.4 Å². The molecular formula is C36H51NO3. The molecule has 6 rings (SSSR count). The SMILES string of the molecule is C=C(/C=C/c1cccnc1)[C@@H]1CC[C@]2(C(=O)O)CC[C@]3(C)[C@H](CC[C@@H]4[C@@]5(C)CC[C@H](O)C(C)(C)[C@@H]5CC[C@]43C)[C@@H]12. The summed E-state index contributed by atoms with van der Waals surface area (Å²) in [5.41, 5.74) is 2.00. The van der Waals surface area contributed by atoms with Gasteiger partial charge in [0.25, 0.3) is 0 Å². The maximum absolute atomic E-state index is 13.1. The van der Waals surface area contributed by atoms with Gasteiger partial charge >= 0.3 is 5.97 Å². The minimum absolute atomic E-state index is 0.0496. The minimum atomic E-state index is -0.624. The number of carbonyl (C=O) groups is 1. The van der Waals surface area contributed by atoms with Crippen molar-refractivity contribution in [1.29, 1.82) is 0 Å². The second kappa shape index (κ2) is 9.28. The Morgan fingerprint density at radius 3 is 2.42 bits per heavy atom. The van der Waals surface area contributed by atoms with Crippen molar-refractivity contribution in [3.63, 3.8) is 0 Å². The first-order chi connectivity index (χ1) is 18.8. The van der Waals surface area contributed by atoms with E-state index in [4.69, 9.17) is 0 Å². The lowest BCUT2D eigenvalue weighted by Gasteiger charge is -2.72. The van der Waals surface area contributed by atoms with E-state index < -0.39 is 11.4 Å². The average Bonchev–Trinajstić information content (AvgIpc) is 3.32. The molecule has 4 heteroatoms. The topological polar surface area (TPSA) is 70.4 Å². The summed E-state index contributed by atoms with van der Waals surface area (Å²) in [6.45, 7) is 16.9. The van der Waals surface area contributed by atoms with E-state index in [9.17, 15) is 15.0 Å². The molecule has 0 amide bonds. The Labute approximate surface area is 241 Å². The molecule has 5 saturated carbocycles. The van der Waals surface area contributed by atoms with E-state index in [1.807, 2.05) is 12.3 Å². The van der Waals surface area contributed by atoms with Crippen LogP contribution >= 0.6 is 0 Å². The highest BCUT2D eigenvalue weighted by molar-refractivity contribution is 5.76. The minimum Gasteiger partial charge on any atom is -0.481 e. The predicted octanol–water partition coefficient (Wildman–Crippen LogP) is 8.18. The molecule has 5 fully saturated rings. The van der Waals surface area contributed by atoms with Crippen LogP contribution in [0.5, 0.6) is 0 Å². The number of rotatable bonds is 4. The van der Waals surface area contributed by atoms with Crippen molar-refractivity contribution < 1.29 is 15.0 Å². The number of aliphatic hydroxyl groups excluding tert-OH is 1. The quantitative estimate of drug-likeness (QED) is 0.374. The Hall–Kier alpha value is -1.94. The molecule has 0 aliphatic heterocycles. The maximum Gasteiger partial charge on any atom is 0.309 e. The Morgan fingerprint density at radius 2 is 1.73 bits per heavy atom. The molecule has 0 bridgehead atoms. The van der Waals surface area contributed by atoms with Crippen molar-refractivity contribution in [2.75, 3.05) is 0 Å². The highest BCUT2D eigenvalue weighted by atomic mass is 16.4. The Bertz CT molecular complexity index is 1210. The zero-order valence-corrected chi connectivity index (χ0v) is 25.5. The molecule has 218 valence electrons. The molecule has 40 heavy (non-hydrogen) atoms. The molecule has 1 aromatic heterocycles. The normalized spacial score (nSPS) is 47.5. The number of fused-ring (bicyclic) bond motifs is 7. The molecule has 2 N–H and O–H groups in total. The number of aliphatic hydroxyl groups is 1. The van der Waals surface area contributed by atoms with Gasteiger partial charge in [-0.25, -0.2) is 0 Å². The molecule has 0 unspecified atom stereocenters. The first-order valence-electron chi connectivity index (χ1n) is 16.0. The first kappa shape index (κ1) is 28.2. The Kier molecular flexibility index (Phi) is 6.54. The number of aromatic nitrogens is 1. The zero-order chi connectivity index (χ0) is 28.7. The van der Waals surface area contributed by atoms with Crippen LogP contribution in [0.1, 0.15) is 104 Å². The molecule has 5 aliphatic carbocycles. The van der Waals surface area contributed by atoms with Gasteiger partial charge < -0.3 is 10.2 Å². The maximum atomic E-state index is 13.1. The van der Waals surface area contributed by atoms with Crippen LogP contribution in [-0.2, 0) is 4.79 Å². The summed E-state index contributed by atoms with van der Waals surface area (Å²) in [4.78, 5) is 17.4. The molecule has 0 saturated heterocycles. The van der Waals surface area contributed by atoms with E-state index in [1.54, 1.807) is 6.20 Å². The number of allylic oxidation sites excluding steroid dienone is 2. The van der Waals surface area contributed by atoms with Crippen LogP contribution in [0.4, 0.5) is 0 Å². The first-order valence-corrected chi connectivity index (χ1v) is 16.0. The van der Waals surface area contributed by atoms with Crippen LogP contribution in [0.25, 0.3) is 6.08 Å². The molecule has 0 aromatic carbocycles. The van der Waals surface area contributed by atoms with Gasteiger partial charge in [-0.2, -0.15) is 0 Å². The molecule has 0 radical (unpaired) electrons. The predicted molar refractivity (Wildman–Crippen MR) is 160 cm³/mol. The fourth-order valence-corrected chi connectivity index (χ4v) is 12.2. The third-order valence-electron chi connectivity index (χ3n) is 14.5. The molecule has 1 heterocycles. The molecule has 0 spiro atoms. The monoisotopic (exact) mass is 545 g/mol. The molecule has 5 aliphatic rings. The number of carboxylic acid groups (broad SMARTS) is 1. The molecular weight excluding hydrogens is 494 g/mol. The van der Waals surface area contributed by atoms with Crippen molar-refractivity contribution in [2.24, 2.45) is 56.7 Å². The molecule has 1 aromatic rings. The number of nitrogens with zero attached hydrogens (tertiary/aromatic N) is 1.